The van der Waals surface area contributed by atoms with Gasteiger partial charge in [0.05, 0.1) is 18.1 Å². The van der Waals surface area contributed by atoms with Crippen molar-refractivity contribution in [2.24, 2.45) is 0 Å². The van der Waals surface area contributed by atoms with Crippen molar-refractivity contribution in [3.8, 4) is 0 Å². The van der Waals surface area contributed by atoms with Gasteiger partial charge in [-0.15, -0.1) is 0 Å². The first-order chi connectivity index (χ1) is 9.99. The standard InChI is InChI=1S/C14H23N3O3S/c1-17(2)8-10-20-9-7-16-21(18,19)13-4-3-12-5-6-15-14(12)11-13/h3-4,11,15-16H,5-10H2,1-2H3. The first kappa shape index (κ1) is 16.2. The third-order valence-corrected chi connectivity index (χ3v) is 4.78. The van der Waals surface area contributed by atoms with Gasteiger partial charge in [-0.1, -0.05) is 6.07 Å². The van der Waals surface area contributed by atoms with Gasteiger partial charge in [0.2, 0.25) is 10.0 Å². The van der Waals surface area contributed by atoms with Gasteiger partial charge in [0.15, 0.2) is 0 Å². The number of fused-ring (bicyclic) bond motifs is 1. The summed E-state index contributed by atoms with van der Waals surface area (Å²) in [6.07, 6.45) is 0.947. The molecule has 0 radical (unpaired) electrons. The van der Waals surface area contributed by atoms with Crippen molar-refractivity contribution in [2.45, 2.75) is 11.3 Å². The summed E-state index contributed by atoms with van der Waals surface area (Å²) in [6.45, 7) is 2.93. The highest BCUT2D eigenvalue weighted by molar-refractivity contribution is 7.89. The van der Waals surface area contributed by atoms with E-state index in [1.54, 1.807) is 12.1 Å². The van der Waals surface area contributed by atoms with Crippen molar-refractivity contribution in [1.29, 1.82) is 0 Å². The van der Waals surface area contributed by atoms with E-state index >= 15 is 0 Å². The number of hydrogen-bond acceptors (Lipinski definition) is 5. The van der Waals surface area contributed by atoms with E-state index in [1.807, 2.05) is 25.1 Å². The molecule has 1 aromatic carbocycles. The van der Waals surface area contributed by atoms with E-state index in [9.17, 15) is 8.42 Å². The van der Waals surface area contributed by atoms with E-state index in [4.69, 9.17) is 4.74 Å². The lowest BCUT2D eigenvalue weighted by Gasteiger charge is -2.11. The van der Waals surface area contributed by atoms with Crippen molar-refractivity contribution in [3.63, 3.8) is 0 Å². The Hall–Kier alpha value is -1.15. The zero-order valence-electron chi connectivity index (χ0n) is 12.6. The lowest BCUT2D eigenvalue weighted by atomic mass is 10.2. The van der Waals surface area contributed by atoms with Crippen LogP contribution in [0.2, 0.25) is 0 Å². The number of ether oxygens (including phenoxy) is 1. The normalized spacial score (nSPS) is 14.2. The summed E-state index contributed by atoms with van der Waals surface area (Å²) in [5, 5.41) is 3.19. The van der Waals surface area contributed by atoms with Crippen LogP contribution in [0.25, 0.3) is 0 Å². The van der Waals surface area contributed by atoms with Crippen LogP contribution in [0.5, 0.6) is 0 Å². The van der Waals surface area contributed by atoms with Crippen LogP contribution >= 0.6 is 0 Å². The monoisotopic (exact) mass is 313 g/mol. The van der Waals surface area contributed by atoms with E-state index in [0.29, 0.717) is 18.1 Å². The molecule has 0 unspecified atom stereocenters. The molecule has 2 rings (SSSR count). The molecule has 21 heavy (non-hydrogen) atoms. The second-order valence-electron chi connectivity index (χ2n) is 5.31. The fraction of sp³-hybridized carbons (Fsp3) is 0.571. The number of benzene rings is 1. The summed E-state index contributed by atoms with van der Waals surface area (Å²) in [5.41, 5.74) is 2.08. The molecule has 0 fully saturated rings. The molecular weight excluding hydrogens is 290 g/mol. The molecule has 1 aliphatic rings. The minimum Gasteiger partial charge on any atom is -0.384 e. The fourth-order valence-corrected chi connectivity index (χ4v) is 3.16. The maximum Gasteiger partial charge on any atom is 0.240 e. The molecule has 118 valence electrons. The highest BCUT2D eigenvalue weighted by Crippen LogP contribution is 2.25. The smallest absolute Gasteiger partial charge is 0.240 e. The molecule has 2 N–H and O–H groups in total. The van der Waals surface area contributed by atoms with Crippen LogP contribution in [-0.4, -0.2) is 60.3 Å². The molecule has 0 spiro atoms. The lowest BCUT2D eigenvalue weighted by molar-refractivity contribution is 0.122. The molecule has 6 nitrogen and oxygen atoms in total. The second-order valence-corrected chi connectivity index (χ2v) is 7.08. The van der Waals surface area contributed by atoms with Crippen molar-refractivity contribution in [2.75, 3.05) is 52.3 Å². The van der Waals surface area contributed by atoms with Crippen molar-refractivity contribution >= 4 is 15.7 Å². The number of rotatable bonds is 8. The Balaban J connectivity index is 1.82. The summed E-state index contributed by atoms with van der Waals surface area (Å²) in [6, 6.07) is 5.22. The molecule has 0 bridgehead atoms. The Morgan fingerprint density at radius 1 is 1.33 bits per heavy atom. The molecule has 1 heterocycles. The van der Waals surface area contributed by atoms with Crippen LogP contribution in [0.15, 0.2) is 23.1 Å². The van der Waals surface area contributed by atoms with E-state index in [2.05, 4.69) is 10.0 Å². The van der Waals surface area contributed by atoms with Crippen LogP contribution in [-0.2, 0) is 21.2 Å². The highest BCUT2D eigenvalue weighted by atomic mass is 32.2. The number of hydrogen-bond donors (Lipinski definition) is 2. The Morgan fingerprint density at radius 3 is 2.90 bits per heavy atom. The van der Waals surface area contributed by atoms with Crippen LogP contribution in [0, 0.1) is 0 Å². The number of nitrogens with one attached hydrogen (secondary N) is 2. The molecule has 1 aromatic rings. The topological polar surface area (TPSA) is 70.7 Å². The lowest BCUT2D eigenvalue weighted by Crippen LogP contribution is -2.28. The van der Waals surface area contributed by atoms with Crippen molar-refractivity contribution < 1.29 is 13.2 Å². The highest BCUT2D eigenvalue weighted by Gasteiger charge is 2.17. The minimum atomic E-state index is -3.47. The van der Waals surface area contributed by atoms with Gasteiger partial charge in [-0.3, -0.25) is 0 Å². The third kappa shape index (κ3) is 4.67. The second kappa shape index (κ2) is 7.22. The van der Waals surface area contributed by atoms with Crippen LogP contribution in [0.1, 0.15) is 5.56 Å². The molecule has 0 aromatic heterocycles. The van der Waals surface area contributed by atoms with Gasteiger partial charge >= 0.3 is 0 Å². The van der Waals surface area contributed by atoms with Gasteiger partial charge in [0.1, 0.15) is 0 Å². The molecule has 1 aliphatic heterocycles. The maximum absolute atomic E-state index is 12.2. The summed E-state index contributed by atoms with van der Waals surface area (Å²) >= 11 is 0. The molecule has 0 atom stereocenters. The summed E-state index contributed by atoms with van der Waals surface area (Å²) in [7, 11) is 0.467. The Bertz CT molecular complexity index is 573. The van der Waals surface area contributed by atoms with E-state index in [0.717, 1.165) is 25.2 Å². The van der Waals surface area contributed by atoms with Gasteiger partial charge in [0.25, 0.3) is 0 Å². The molecule has 0 saturated heterocycles. The van der Waals surface area contributed by atoms with Gasteiger partial charge in [-0.05, 0) is 38.2 Å². The average molecular weight is 313 g/mol. The predicted molar refractivity (Wildman–Crippen MR) is 83.2 cm³/mol. The molecular formula is C14H23N3O3S. The van der Waals surface area contributed by atoms with Gasteiger partial charge < -0.3 is 15.0 Å². The predicted octanol–water partition coefficient (Wildman–Crippen LogP) is 0.511. The van der Waals surface area contributed by atoms with Gasteiger partial charge in [0, 0.05) is 25.3 Å². The van der Waals surface area contributed by atoms with E-state index in [-0.39, 0.29) is 6.54 Å². The van der Waals surface area contributed by atoms with Crippen LogP contribution in [0.4, 0.5) is 5.69 Å². The van der Waals surface area contributed by atoms with Crippen LogP contribution in [0.3, 0.4) is 0 Å². The van der Waals surface area contributed by atoms with Crippen molar-refractivity contribution in [3.05, 3.63) is 23.8 Å². The quantitative estimate of drug-likeness (QED) is 0.684. The summed E-state index contributed by atoms with van der Waals surface area (Å²) < 4.78 is 32.3. The first-order valence-electron chi connectivity index (χ1n) is 7.08. The fourth-order valence-electron chi connectivity index (χ4n) is 2.12. The van der Waals surface area contributed by atoms with Gasteiger partial charge in [-0.2, -0.15) is 0 Å². The number of likely N-dealkylation sites (N-methyl/N-ethyl adjacent to an activating group) is 1. The summed E-state index contributed by atoms with van der Waals surface area (Å²) in [4.78, 5) is 2.31. The minimum absolute atomic E-state index is 0.278. The van der Waals surface area contributed by atoms with Crippen LogP contribution < -0.4 is 10.0 Å². The van der Waals surface area contributed by atoms with E-state index in [1.165, 1.54) is 5.56 Å². The SMILES string of the molecule is CN(C)CCOCCNS(=O)(=O)c1ccc2c(c1)NCC2. The summed E-state index contributed by atoms with van der Waals surface area (Å²) in [5.74, 6) is 0. The zero-order chi connectivity index (χ0) is 15.3. The molecule has 0 saturated carbocycles. The Morgan fingerprint density at radius 2 is 2.14 bits per heavy atom. The van der Waals surface area contributed by atoms with E-state index < -0.39 is 10.0 Å². The first-order valence-corrected chi connectivity index (χ1v) is 8.56. The maximum atomic E-state index is 12.2. The molecule has 7 heteroatoms. The number of sulfonamides is 1. The third-order valence-electron chi connectivity index (χ3n) is 3.32. The number of nitrogens with zero attached hydrogens (tertiary/aromatic N) is 1. The zero-order valence-corrected chi connectivity index (χ0v) is 13.4. The average Bonchev–Trinajstić information content (AvgIpc) is 2.89. The molecule has 0 aliphatic carbocycles. The Kier molecular flexibility index (Phi) is 5.58. The Labute approximate surface area is 126 Å². The number of anilines is 1. The largest absolute Gasteiger partial charge is 0.384 e. The molecule has 0 amide bonds. The van der Waals surface area contributed by atoms with Gasteiger partial charge in [-0.25, -0.2) is 13.1 Å². The van der Waals surface area contributed by atoms with Crippen molar-refractivity contribution in [1.82, 2.24) is 9.62 Å².